The summed E-state index contributed by atoms with van der Waals surface area (Å²) in [6.45, 7) is 9.65. The molecule has 1 N–H and O–H groups in total. The van der Waals surface area contributed by atoms with Crippen molar-refractivity contribution in [3.8, 4) is 0 Å². The van der Waals surface area contributed by atoms with Gasteiger partial charge in [-0.1, -0.05) is 0 Å². The number of aliphatic hydroxyl groups is 1. The van der Waals surface area contributed by atoms with E-state index in [9.17, 15) is 18.7 Å². The summed E-state index contributed by atoms with van der Waals surface area (Å²) < 4.78 is 27.5. The molecule has 2 aliphatic heterocycles. The van der Waals surface area contributed by atoms with Crippen LogP contribution in [0.3, 0.4) is 0 Å². The summed E-state index contributed by atoms with van der Waals surface area (Å²) in [6.07, 6.45) is 3.80. The lowest BCUT2D eigenvalue weighted by Crippen LogP contribution is -2.49. The lowest BCUT2D eigenvalue weighted by molar-refractivity contribution is -0.133. The lowest BCUT2D eigenvalue weighted by Gasteiger charge is -2.40. The number of aliphatic hydroxyl groups excluding tert-OH is 1. The highest BCUT2D eigenvalue weighted by atomic mass is 19.3. The molecule has 2 saturated heterocycles. The number of halogens is 2. The minimum atomic E-state index is -2.72. The second-order valence-electron chi connectivity index (χ2n) is 9.36. The molecule has 0 bridgehead atoms. The second-order valence-corrected chi connectivity index (χ2v) is 9.36. The molecule has 0 aromatic heterocycles. The Balaban J connectivity index is 1.93. The zero-order chi connectivity index (χ0) is 19.0. The van der Waals surface area contributed by atoms with E-state index in [-0.39, 0.29) is 42.6 Å². The van der Waals surface area contributed by atoms with Gasteiger partial charge in [-0.05, 0) is 60.3 Å². The quantitative estimate of drug-likeness (QED) is 0.789. The molecule has 0 spiro atoms. The van der Waals surface area contributed by atoms with Crippen molar-refractivity contribution >= 4 is 5.91 Å². The first-order valence-corrected chi connectivity index (χ1v) is 9.45. The summed E-state index contributed by atoms with van der Waals surface area (Å²) >= 11 is 0. The van der Waals surface area contributed by atoms with Gasteiger partial charge in [0.1, 0.15) is 0 Å². The topological polar surface area (TPSA) is 43.8 Å². The Labute approximate surface area is 150 Å². The van der Waals surface area contributed by atoms with Crippen LogP contribution in [0.1, 0.15) is 73.1 Å². The number of rotatable bonds is 6. The van der Waals surface area contributed by atoms with Gasteiger partial charge >= 0.3 is 0 Å². The van der Waals surface area contributed by atoms with Gasteiger partial charge in [0.15, 0.2) is 0 Å². The van der Waals surface area contributed by atoms with Crippen LogP contribution in [-0.4, -0.2) is 63.0 Å². The molecule has 0 aliphatic carbocycles. The third-order valence-electron chi connectivity index (χ3n) is 5.74. The second kappa shape index (κ2) is 7.10. The fourth-order valence-corrected chi connectivity index (χ4v) is 4.62. The van der Waals surface area contributed by atoms with E-state index in [1.807, 2.05) is 18.7 Å². The molecule has 6 heteroatoms. The molecule has 1 amide bonds. The number of nitrogens with zero attached hydrogens (tertiary/aromatic N) is 2. The molecule has 4 nitrogen and oxygen atoms in total. The predicted octanol–water partition coefficient (Wildman–Crippen LogP) is 3.43. The Morgan fingerprint density at radius 1 is 1.20 bits per heavy atom. The van der Waals surface area contributed by atoms with Crippen molar-refractivity contribution in [2.75, 3.05) is 13.2 Å². The zero-order valence-corrected chi connectivity index (χ0v) is 16.3. The molecule has 2 aliphatic rings. The number of amides is 1. The van der Waals surface area contributed by atoms with Gasteiger partial charge in [-0.2, -0.15) is 0 Å². The molecule has 2 heterocycles. The fourth-order valence-electron chi connectivity index (χ4n) is 4.62. The van der Waals surface area contributed by atoms with E-state index in [2.05, 4.69) is 20.8 Å². The van der Waals surface area contributed by atoms with Crippen LogP contribution in [0.25, 0.3) is 0 Å². The zero-order valence-electron chi connectivity index (χ0n) is 16.3. The first-order chi connectivity index (χ1) is 11.4. The maximum Gasteiger partial charge on any atom is 0.262 e. The number of carbonyl (C=O) groups excluding carboxylic acids is 1. The summed E-state index contributed by atoms with van der Waals surface area (Å²) in [6, 6.07) is -0.221. The largest absolute Gasteiger partial charge is 0.395 e. The van der Waals surface area contributed by atoms with Gasteiger partial charge in [-0.3, -0.25) is 9.69 Å². The van der Waals surface area contributed by atoms with Crippen LogP contribution >= 0.6 is 0 Å². The Kier molecular flexibility index (Phi) is 5.84. The minimum Gasteiger partial charge on any atom is -0.395 e. The third kappa shape index (κ3) is 4.70. The minimum absolute atomic E-state index is 0.174. The molecule has 25 heavy (non-hydrogen) atoms. The molecule has 0 unspecified atom stereocenters. The van der Waals surface area contributed by atoms with Crippen molar-refractivity contribution < 1.29 is 18.7 Å². The number of hydrogen-bond donors (Lipinski definition) is 1. The first kappa shape index (κ1) is 20.6. The third-order valence-corrected chi connectivity index (χ3v) is 5.74. The Morgan fingerprint density at radius 3 is 2.40 bits per heavy atom. The van der Waals surface area contributed by atoms with Crippen molar-refractivity contribution in [2.24, 2.45) is 0 Å². The number of alkyl halides is 2. The van der Waals surface area contributed by atoms with Crippen LogP contribution in [0, 0.1) is 0 Å². The number of hydrogen-bond acceptors (Lipinski definition) is 3. The maximum atomic E-state index is 13.8. The van der Waals surface area contributed by atoms with Crippen molar-refractivity contribution in [1.82, 2.24) is 9.80 Å². The van der Waals surface area contributed by atoms with E-state index in [0.717, 1.165) is 25.7 Å². The van der Waals surface area contributed by atoms with Gasteiger partial charge in [-0.25, -0.2) is 8.78 Å². The van der Waals surface area contributed by atoms with E-state index in [4.69, 9.17) is 0 Å². The number of likely N-dealkylation sites (tertiary alicyclic amines) is 2. The van der Waals surface area contributed by atoms with E-state index in [0.29, 0.717) is 6.42 Å². The fraction of sp³-hybridized carbons (Fsp3) is 0.947. The maximum absolute atomic E-state index is 13.8. The van der Waals surface area contributed by atoms with Crippen molar-refractivity contribution in [2.45, 2.75) is 102 Å². The molecule has 2 rings (SSSR count). The number of carbonyl (C=O) groups is 1. The highest BCUT2D eigenvalue weighted by Gasteiger charge is 2.49. The van der Waals surface area contributed by atoms with Crippen LogP contribution in [0.2, 0.25) is 0 Å². The molecule has 0 aromatic carbocycles. The van der Waals surface area contributed by atoms with E-state index >= 15 is 0 Å². The van der Waals surface area contributed by atoms with Gasteiger partial charge in [0, 0.05) is 36.0 Å². The normalized spacial score (nSPS) is 28.2. The molecule has 2 fully saturated rings. The highest BCUT2D eigenvalue weighted by molar-refractivity contribution is 5.79. The molecule has 146 valence electrons. The molecule has 2 atom stereocenters. The van der Waals surface area contributed by atoms with Crippen LogP contribution in [-0.2, 0) is 4.79 Å². The van der Waals surface area contributed by atoms with Crippen LogP contribution in [0.4, 0.5) is 8.78 Å². The van der Waals surface area contributed by atoms with Crippen LogP contribution in [0.5, 0.6) is 0 Å². The van der Waals surface area contributed by atoms with Gasteiger partial charge < -0.3 is 10.0 Å². The molecule has 0 aromatic rings. The summed E-state index contributed by atoms with van der Waals surface area (Å²) in [5, 5.41) is 9.46. The molecular weight excluding hydrogens is 326 g/mol. The van der Waals surface area contributed by atoms with Crippen molar-refractivity contribution in [3.05, 3.63) is 0 Å². The van der Waals surface area contributed by atoms with E-state index < -0.39 is 12.0 Å². The average Bonchev–Trinajstić information content (AvgIpc) is 2.98. The molecular formula is C19H34F2N2O2. The van der Waals surface area contributed by atoms with E-state index in [1.165, 1.54) is 0 Å². The smallest absolute Gasteiger partial charge is 0.262 e. The summed E-state index contributed by atoms with van der Waals surface area (Å²) in [5.74, 6) is -2.50. The first-order valence-electron chi connectivity index (χ1n) is 9.45. The van der Waals surface area contributed by atoms with Crippen molar-refractivity contribution in [3.63, 3.8) is 0 Å². The van der Waals surface area contributed by atoms with Crippen LogP contribution < -0.4 is 0 Å². The molecule has 0 saturated carbocycles. The summed E-state index contributed by atoms with van der Waals surface area (Å²) in [5.41, 5.74) is -0.560. The van der Waals surface area contributed by atoms with Gasteiger partial charge in [0.25, 0.3) is 5.92 Å². The molecule has 0 radical (unpaired) electrons. The van der Waals surface area contributed by atoms with Gasteiger partial charge in [0.2, 0.25) is 5.91 Å². The monoisotopic (exact) mass is 360 g/mol. The van der Waals surface area contributed by atoms with Gasteiger partial charge in [0.05, 0.1) is 13.2 Å². The lowest BCUT2D eigenvalue weighted by atomic mass is 9.92. The Hall–Kier alpha value is -0.750. The van der Waals surface area contributed by atoms with Crippen LogP contribution in [0.15, 0.2) is 0 Å². The average molecular weight is 360 g/mol. The summed E-state index contributed by atoms with van der Waals surface area (Å²) in [4.78, 5) is 15.9. The SMILES string of the molecule is CC(C)(C)N1C(=O)CC[C@@H]1CCCC(C)(C)N1CC(F)(F)C[C@@H]1CO. The Morgan fingerprint density at radius 2 is 1.84 bits per heavy atom. The van der Waals surface area contributed by atoms with E-state index in [1.54, 1.807) is 4.90 Å². The highest BCUT2D eigenvalue weighted by Crippen LogP contribution is 2.39. The van der Waals surface area contributed by atoms with Gasteiger partial charge in [-0.15, -0.1) is 0 Å². The Bertz CT molecular complexity index is 488. The van der Waals surface area contributed by atoms with Crippen molar-refractivity contribution in [1.29, 1.82) is 0 Å². The standard InChI is InChI=1S/C19H34F2N2O2/c1-17(2,3)23-14(8-9-16(23)25)7-6-10-18(4,5)22-13-19(20,21)11-15(22)12-24/h14-15,24H,6-13H2,1-5H3/t14-,15+/m0/s1. The summed E-state index contributed by atoms with van der Waals surface area (Å²) in [7, 11) is 0. The predicted molar refractivity (Wildman–Crippen MR) is 94.7 cm³/mol.